The Kier molecular flexibility index (Phi) is 5.78. The normalized spacial score (nSPS) is 17.7. The Morgan fingerprint density at radius 2 is 2.10 bits per heavy atom. The zero-order valence-electron chi connectivity index (χ0n) is 16.3. The highest BCUT2D eigenvalue weighted by Crippen LogP contribution is 2.36. The smallest absolute Gasteiger partial charge is 0.278 e. The van der Waals surface area contributed by atoms with Crippen molar-refractivity contribution in [2.75, 3.05) is 17.2 Å². The third-order valence-electron chi connectivity index (χ3n) is 4.45. The van der Waals surface area contributed by atoms with E-state index < -0.39 is 23.3 Å². The van der Waals surface area contributed by atoms with Crippen molar-refractivity contribution >= 4 is 40.7 Å². The van der Waals surface area contributed by atoms with Crippen molar-refractivity contribution in [2.24, 2.45) is 0 Å². The van der Waals surface area contributed by atoms with Gasteiger partial charge >= 0.3 is 0 Å². The van der Waals surface area contributed by atoms with E-state index in [0.717, 1.165) is 6.42 Å². The van der Waals surface area contributed by atoms with Gasteiger partial charge in [0.2, 0.25) is 0 Å². The maximum atomic E-state index is 13.0. The molecule has 3 rings (SSSR count). The first-order valence-electron chi connectivity index (χ1n) is 9.25. The molecule has 3 amide bonds. The van der Waals surface area contributed by atoms with Crippen LogP contribution in [-0.4, -0.2) is 39.6 Å². The maximum absolute atomic E-state index is 13.0. The molecule has 2 heterocycles. The predicted octanol–water partition coefficient (Wildman–Crippen LogP) is 2.42. The molecule has 2 aromatic rings. The highest BCUT2D eigenvalue weighted by Gasteiger charge is 2.47. The average Bonchev–Trinajstić information content (AvgIpc) is 3.10. The molecule has 10 heteroatoms. The number of aromatic nitrogens is 2. The largest absolute Gasteiger partial charge is 0.466 e. The highest BCUT2D eigenvalue weighted by molar-refractivity contribution is 6.31. The number of carbonyl (C=O) groups is 3. The molecule has 1 atom stereocenters. The minimum atomic E-state index is -1.84. The molecule has 1 unspecified atom stereocenters. The van der Waals surface area contributed by atoms with Crippen molar-refractivity contribution in [3.8, 4) is 5.75 Å². The van der Waals surface area contributed by atoms with E-state index in [4.69, 9.17) is 16.3 Å². The van der Waals surface area contributed by atoms with Crippen LogP contribution in [0.15, 0.2) is 24.4 Å². The van der Waals surface area contributed by atoms with Crippen molar-refractivity contribution in [3.63, 3.8) is 0 Å². The van der Waals surface area contributed by atoms with Gasteiger partial charge in [-0.1, -0.05) is 18.5 Å². The monoisotopic (exact) mass is 419 g/mol. The third-order valence-corrected chi connectivity index (χ3v) is 4.69. The summed E-state index contributed by atoms with van der Waals surface area (Å²) in [5.74, 6) is -1.47. The lowest BCUT2D eigenvalue weighted by Crippen LogP contribution is -2.56. The molecule has 154 valence electrons. The molecule has 3 N–H and O–H groups in total. The van der Waals surface area contributed by atoms with Gasteiger partial charge in [-0.2, -0.15) is 5.10 Å². The molecular weight excluding hydrogens is 398 g/mol. The number of rotatable bonds is 6. The van der Waals surface area contributed by atoms with Crippen molar-refractivity contribution in [1.82, 2.24) is 15.1 Å². The topological polar surface area (TPSA) is 114 Å². The number of halogens is 1. The number of fused-ring (bicyclic) bond motifs is 1. The molecular formula is C19H22ClN5O4. The maximum Gasteiger partial charge on any atom is 0.278 e. The van der Waals surface area contributed by atoms with Crippen molar-refractivity contribution < 1.29 is 19.1 Å². The van der Waals surface area contributed by atoms with Gasteiger partial charge in [0.05, 0.1) is 11.4 Å². The van der Waals surface area contributed by atoms with E-state index in [1.54, 1.807) is 12.1 Å². The van der Waals surface area contributed by atoms with E-state index in [2.05, 4.69) is 21.0 Å². The molecule has 0 fully saturated rings. The Balaban J connectivity index is 1.86. The van der Waals surface area contributed by atoms with Crippen molar-refractivity contribution in [1.29, 1.82) is 0 Å². The lowest BCUT2D eigenvalue weighted by molar-refractivity contribution is -0.143. The van der Waals surface area contributed by atoms with E-state index in [1.165, 1.54) is 23.9 Å². The summed E-state index contributed by atoms with van der Waals surface area (Å²) in [5, 5.41) is 12.6. The number of aryl methyl sites for hydroxylation is 1. The van der Waals surface area contributed by atoms with Crippen LogP contribution in [0.5, 0.6) is 5.75 Å². The summed E-state index contributed by atoms with van der Waals surface area (Å²) in [5.41, 5.74) is -1.19. The lowest BCUT2D eigenvalue weighted by Gasteiger charge is -2.33. The second kappa shape index (κ2) is 8.12. The van der Waals surface area contributed by atoms with Gasteiger partial charge in [-0.15, -0.1) is 0 Å². The molecule has 0 aliphatic carbocycles. The van der Waals surface area contributed by atoms with Crippen LogP contribution in [0.2, 0.25) is 5.02 Å². The summed E-state index contributed by atoms with van der Waals surface area (Å²) in [6.45, 7) is 6.13. The van der Waals surface area contributed by atoms with Crippen LogP contribution in [0.1, 0.15) is 37.7 Å². The van der Waals surface area contributed by atoms with Crippen LogP contribution in [-0.2, 0) is 16.1 Å². The molecule has 0 radical (unpaired) electrons. The van der Waals surface area contributed by atoms with Crippen LogP contribution in [0.4, 0.5) is 11.4 Å². The van der Waals surface area contributed by atoms with E-state index in [1.807, 2.05) is 13.8 Å². The fourth-order valence-corrected chi connectivity index (χ4v) is 2.92. The number of ether oxygens (including phenoxy) is 1. The van der Waals surface area contributed by atoms with Crippen LogP contribution in [0, 0.1) is 0 Å². The fourth-order valence-electron chi connectivity index (χ4n) is 2.75. The molecule has 9 nitrogen and oxygen atoms in total. The second-order valence-electron chi connectivity index (χ2n) is 6.69. The van der Waals surface area contributed by atoms with Crippen molar-refractivity contribution in [2.45, 2.75) is 39.3 Å². The summed E-state index contributed by atoms with van der Waals surface area (Å²) in [6, 6.07) is 4.70. The number of nitrogens with zero attached hydrogens (tertiary/aromatic N) is 2. The molecule has 0 spiro atoms. The number of amides is 3. The zero-order chi connectivity index (χ0) is 21.2. The molecule has 1 aliphatic rings. The third kappa shape index (κ3) is 4.04. The quantitative estimate of drug-likeness (QED) is 0.622. The van der Waals surface area contributed by atoms with Gasteiger partial charge < -0.3 is 20.7 Å². The Hall–Kier alpha value is -3.07. The summed E-state index contributed by atoms with van der Waals surface area (Å²) in [6.07, 6.45) is 2.30. The summed E-state index contributed by atoms with van der Waals surface area (Å²) < 4.78 is 7.23. The minimum Gasteiger partial charge on any atom is -0.466 e. The van der Waals surface area contributed by atoms with E-state index in [9.17, 15) is 14.4 Å². The number of nitrogens with one attached hydrogen (secondary N) is 3. The van der Waals surface area contributed by atoms with Crippen LogP contribution in [0.25, 0.3) is 0 Å². The fraction of sp³-hybridized carbons (Fsp3) is 0.368. The molecule has 1 aromatic heterocycles. The zero-order valence-corrected chi connectivity index (χ0v) is 17.1. The SMILES string of the molecule is CCCNC(=O)c1nn(CC)cc1NC(=O)C1(C)Oc2ccc(Cl)cc2NC1=O. The number of carbonyl (C=O) groups excluding carboxylic acids is 3. The minimum absolute atomic E-state index is 0.0700. The molecule has 1 aliphatic heterocycles. The molecule has 0 saturated carbocycles. The van der Waals surface area contributed by atoms with E-state index in [-0.39, 0.29) is 11.4 Å². The van der Waals surface area contributed by atoms with Gasteiger partial charge in [0, 0.05) is 24.3 Å². The van der Waals surface area contributed by atoms with Crippen molar-refractivity contribution in [3.05, 3.63) is 35.1 Å². The van der Waals surface area contributed by atoms with Crippen LogP contribution >= 0.6 is 11.6 Å². The number of hydrogen-bond acceptors (Lipinski definition) is 5. The average molecular weight is 420 g/mol. The molecule has 0 bridgehead atoms. The van der Waals surface area contributed by atoms with Crippen LogP contribution in [0.3, 0.4) is 0 Å². The first kappa shape index (κ1) is 20.7. The number of hydrogen-bond donors (Lipinski definition) is 3. The van der Waals surface area contributed by atoms with Gasteiger partial charge in [-0.05, 0) is 38.5 Å². The van der Waals surface area contributed by atoms with Gasteiger partial charge in [0.25, 0.3) is 23.3 Å². The highest BCUT2D eigenvalue weighted by atomic mass is 35.5. The standard InChI is InChI=1S/C19H22ClN5O4/c1-4-8-21-16(26)15-13(10-25(5-2)24-15)23-18(28)19(3)17(27)22-12-9-11(20)6-7-14(12)29-19/h6-7,9-10H,4-5,8H2,1-3H3,(H,21,26)(H,22,27)(H,23,28). The summed E-state index contributed by atoms with van der Waals surface area (Å²) >= 11 is 5.93. The molecule has 1 aromatic carbocycles. The number of benzene rings is 1. The van der Waals surface area contributed by atoms with Gasteiger partial charge in [0.1, 0.15) is 5.75 Å². The Bertz CT molecular complexity index is 974. The van der Waals surface area contributed by atoms with Crippen LogP contribution < -0.4 is 20.7 Å². The first-order valence-corrected chi connectivity index (χ1v) is 9.63. The van der Waals surface area contributed by atoms with E-state index >= 15 is 0 Å². The second-order valence-corrected chi connectivity index (χ2v) is 7.12. The number of anilines is 2. The molecule has 29 heavy (non-hydrogen) atoms. The van der Waals surface area contributed by atoms with Gasteiger partial charge in [-0.25, -0.2) is 0 Å². The lowest BCUT2D eigenvalue weighted by atomic mass is 10.0. The van der Waals surface area contributed by atoms with Gasteiger partial charge in [0.15, 0.2) is 5.69 Å². The van der Waals surface area contributed by atoms with Gasteiger partial charge in [-0.3, -0.25) is 19.1 Å². The summed E-state index contributed by atoms with van der Waals surface area (Å²) in [7, 11) is 0. The Morgan fingerprint density at radius 3 is 2.79 bits per heavy atom. The Labute approximate surface area is 172 Å². The first-order chi connectivity index (χ1) is 13.8. The van der Waals surface area contributed by atoms with E-state index in [0.29, 0.717) is 29.5 Å². The molecule has 0 saturated heterocycles. The Morgan fingerprint density at radius 1 is 1.34 bits per heavy atom. The predicted molar refractivity (Wildman–Crippen MR) is 108 cm³/mol. The summed E-state index contributed by atoms with van der Waals surface area (Å²) in [4.78, 5) is 38.0.